The Labute approximate surface area is 139 Å². The van der Waals surface area contributed by atoms with Gasteiger partial charge in [-0.1, -0.05) is 30.3 Å². The van der Waals surface area contributed by atoms with Crippen molar-refractivity contribution in [2.24, 2.45) is 4.99 Å². The van der Waals surface area contributed by atoms with Crippen LogP contribution in [0.2, 0.25) is 0 Å². The van der Waals surface area contributed by atoms with Gasteiger partial charge in [-0.3, -0.25) is 0 Å². The minimum absolute atomic E-state index is 0.00637. The van der Waals surface area contributed by atoms with Crippen molar-refractivity contribution in [2.75, 3.05) is 33.4 Å². The molecule has 0 aliphatic carbocycles. The lowest BCUT2D eigenvalue weighted by molar-refractivity contribution is 0.384. The summed E-state index contributed by atoms with van der Waals surface area (Å²) in [6.07, 6.45) is 3.08. The number of sulfonamides is 1. The predicted molar refractivity (Wildman–Crippen MR) is 93.8 cm³/mol. The van der Waals surface area contributed by atoms with Crippen LogP contribution in [0.15, 0.2) is 35.3 Å². The predicted octanol–water partition coefficient (Wildman–Crippen LogP) is 1.12. The third-order valence-electron chi connectivity index (χ3n) is 3.92. The highest BCUT2D eigenvalue weighted by molar-refractivity contribution is 7.88. The van der Waals surface area contributed by atoms with Crippen molar-refractivity contribution in [1.82, 2.24) is 14.5 Å². The highest BCUT2D eigenvalue weighted by Gasteiger charge is 2.31. The normalized spacial score (nSPS) is 19.8. The molecule has 23 heavy (non-hydrogen) atoms. The number of guanidine groups is 1. The van der Waals surface area contributed by atoms with Gasteiger partial charge < -0.3 is 10.2 Å². The topological polar surface area (TPSA) is 65.0 Å². The maximum Gasteiger partial charge on any atom is 0.211 e. The van der Waals surface area contributed by atoms with E-state index in [1.807, 2.05) is 49.3 Å². The van der Waals surface area contributed by atoms with Crippen molar-refractivity contribution < 1.29 is 8.42 Å². The van der Waals surface area contributed by atoms with Gasteiger partial charge in [-0.2, -0.15) is 4.31 Å². The Morgan fingerprint density at radius 1 is 1.35 bits per heavy atom. The second kappa shape index (κ2) is 7.79. The van der Waals surface area contributed by atoms with E-state index < -0.39 is 10.0 Å². The maximum absolute atomic E-state index is 11.8. The molecular weight excluding hydrogens is 312 g/mol. The Morgan fingerprint density at radius 2 is 2.04 bits per heavy atom. The first kappa shape index (κ1) is 17.7. The summed E-state index contributed by atoms with van der Waals surface area (Å²) in [6.45, 7) is 1.80. The van der Waals surface area contributed by atoms with Crippen LogP contribution in [0, 0.1) is 0 Å². The summed E-state index contributed by atoms with van der Waals surface area (Å²) in [5.41, 5.74) is 1.15. The Kier molecular flexibility index (Phi) is 6.01. The Morgan fingerprint density at radius 3 is 2.65 bits per heavy atom. The molecule has 0 aromatic heterocycles. The lowest BCUT2D eigenvalue weighted by Gasteiger charge is -2.25. The van der Waals surface area contributed by atoms with Gasteiger partial charge in [0, 0.05) is 33.2 Å². The van der Waals surface area contributed by atoms with E-state index in [0.717, 1.165) is 24.4 Å². The van der Waals surface area contributed by atoms with E-state index in [9.17, 15) is 8.42 Å². The number of aliphatic imine (C=N–C) groups is 1. The SMILES string of the molecule is CN(C)C(=NCc1ccccc1)NC[C@H]1CCCN1S(C)(=O)=O. The first-order valence-electron chi connectivity index (χ1n) is 7.84. The van der Waals surface area contributed by atoms with E-state index in [2.05, 4.69) is 10.3 Å². The number of rotatable bonds is 5. The fourth-order valence-electron chi connectivity index (χ4n) is 2.76. The largest absolute Gasteiger partial charge is 0.355 e. The molecule has 0 unspecified atom stereocenters. The van der Waals surface area contributed by atoms with Crippen LogP contribution < -0.4 is 5.32 Å². The molecule has 1 aliphatic rings. The number of nitrogens with zero attached hydrogens (tertiary/aromatic N) is 3. The molecule has 7 heteroatoms. The third kappa shape index (κ3) is 5.21. The first-order valence-corrected chi connectivity index (χ1v) is 9.69. The third-order valence-corrected chi connectivity index (χ3v) is 5.26. The Bertz CT molecular complexity index is 629. The van der Waals surface area contributed by atoms with Gasteiger partial charge in [-0.25, -0.2) is 13.4 Å². The lowest BCUT2D eigenvalue weighted by atomic mass is 10.2. The summed E-state index contributed by atoms with van der Waals surface area (Å²) in [5.74, 6) is 0.772. The molecule has 1 fully saturated rings. The molecule has 0 amide bonds. The van der Waals surface area contributed by atoms with Gasteiger partial charge in [0.05, 0.1) is 12.8 Å². The minimum Gasteiger partial charge on any atom is -0.355 e. The van der Waals surface area contributed by atoms with Crippen molar-refractivity contribution in [2.45, 2.75) is 25.4 Å². The molecule has 0 bridgehead atoms. The summed E-state index contributed by atoms with van der Waals surface area (Å²) < 4.78 is 25.2. The molecule has 1 saturated heterocycles. The molecule has 1 heterocycles. The Balaban J connectivity index is 1.97. The highest BCUT2D eigenvalue weighted by atomic mass is 32.2. The number of nitrogens with one attached hydrogen (secondary N) is 1. The van der Waals surface area contributed by atoms with Gasteiger partial charge in [0.2, 0.25) is 10.0 Å². The van der Waals surface area contributed by atoms with E-state index >= 15 is 0 Å². The number of hydrogen-bond donors (Lipinski definition) is 1. The van der Waals surface area contributed by atoms with E-state index in [4.69, 9.17) is 0 Å². The molecule has 0 spiro atoms. The molecule has 1 aliphatic heterocycles. The van der Waals surface area contributed by atoms with Crippen LogP contribution in [0.3, 0.4) is 0 Å². The number of benzene rings is 1. The first-order chi connectivity index (χ1) is 10.9. The van der Waals surface area contributed by atoms with Crippen LogP contribution >= 0.6 is 0 Å². The minimum atomic E-state index is -3.14. The van der Waals surface area contributed by atoms with Gasteiger partial charge in [-0.15, -0.1) is 0 Å². The fraction of sp³-hybridized carbons (Fsp3) is 0.562. The molecule has 1 aromatic carbocycles. The zero-order chi connectivity index (χ0) is 16.9. The van der Waals surface area contributed by atoms with Gasteiger partial charge >= 0.3 is 0 Å². The summed E-state index contributed by atoms with van der Waals surface area (Å²) in [4.78, 5) is 6.52. The molecule has 0 saturated carbocycles. The van der Waals surface area contributed by atoms with Crippen LogP contribution in [-0.4, -0.2) is 63.1 Å². The summed E-state index contributed by atoms with van der Waals surface area (Å²) >= 11 is 0. The van der Waals surface area contributed by atoms with Gasteiger partial charge in [0.25, 0.3) is 0 Å². The Hall–Kier alpha value is -1.60. The molecular formula is C16H26N4O2S. The molecule has 1 aromatic rings. The smallest absolute Gasteiger partial charge is 0.211 e. The average Bonchev–Trinajstić information content (AvgIpc) is 2.96. The van der Waals surface area contributed by atoms with E-state index in [-0.39, 0.29) is 6.04 Å². The monoisotopic (exact) mass is 338 g/mol. The van der Waals surface area contributed by atoms with Crippen LogP contribution in [-0.2, 0) is 16.6 Å². The highest BCUT2D eigenvalue weighted by Crippen LogP contribution is 2.19. The van der Waals surface area contributed by atoms with Crippen molar-refractivity contribution in [1.29, 1.82) is 0 Å². The molecule has 128 valence electrons. The van der Waals surface area contributed by atoms with Crippen molar-refractivity contribution in [3.05, 3.63) is 35.9 Å². The zero-order valence-electron chi connectivity index (χ0n) is 14.1. The van der Waals surface area contributed by atoms with Crippen LogP contribution in [0.1, 0.15) is 18.4 Å². The second-order valence-electron chi connectivity index (χ2n) is 6.07. The lowest BCUT2D eigenvalue weighted by Crippen LogP contribution is -2.45. The molecule has 0 radical (unpaired) electrons. The zero-order valence-corrected chi connectivity index (χ0v) is 14.9. The number of hydrogen-bond acceptors (Lipinski definition) is 3. The molecule has 1 N–H and O–H groups in total. The molecule has 2 rings (SSSR count). The van der Waals surface area contributed by atoms with Crippen molar-refractivity contribution in [3.8, 4) is 0 Å². The quantitative estimate of drug-likeness (QED) is 0.645. The van der Waals surface area contributed by atoms with Crippen LogP contribution in [0.4, 0.5) is 0 Å². The van der Waals surface area contributed by atoms with Gasteiger partial charge in [-0.05, 0) is 18.4 Å². The fourth-order valence-corrected chi connectivity index (χ4v) is 3.95. The van der Waals surface area contributed by atoms with Crippen molar-refractivity contribution >= 4 is 16.0 Å². The maximum atomic E-state index is 11.8. The van der Waals surface area contributed by atoms with Gasteiger partial charge in [0.15, 0.2) is 5.96 Å². The standard InChI is InChI=1S/C16H26N4O2S/c1-19(2)16(17-12-14-8-5-4-6-9-14)18-13-15-10-7-11-20(15)23(3,21)22/h4-6,8-9,15H,7,10-13H2,1-3H3,(H,17,18)/t15-/m1/s1. The molecule has 1 atom stereocenters. The van der Waals surface area contributed by atoms with E-state index in [1.165, 1.54) is 6.26 Å². The summed E-state index contributed by atoms with van der Waals surface area (Å²) in [5, 5.41) is 3.30. The second-order valence-corrected chi connectivity index (χ2v) is 8.01. The van der Waals surface area contributed by atoms with Gasteiger partial charge in [0.1, 0.15) is 0 Å². The molecule has 6 nitrogen and oxygen atoms in total. The van der Waals surface area contributed by atoms with E-state index in [1.54, 1.807) is 4.31 Å². The van der Waals surface area contributed by atoms with Crippen LogP contribution in [0.5, 0.6) is 0 Å². The van der Waals surface area contributed by atoms with Crippen LogP contribution in [0.25, 0.3) is 0 Å². The van der Waals surface area contributed by atoms with Crippen molar-refractivity contribution in [3.63, 3.8) is 0 Å². The average molecular weight is 338 g/mol. The summed E-state index contributed by atoms with van der Waals surface area (Å²) in [6, 6.07) is 10.1. The summed E-state index contributed by atoms with van der Waals surface area (Å²) in [7, 11) is 0.725. The van der Waals surface area contributed by atoms with E-state index in [0.29, 0.717) is 19.6 Å².